The lowest BCUT2D eigenvalue weighted by molar-refractivity contribution is 0.626. The predicted molar refractivity (Wildman–Crippen MR) is 44.2 cm³/mol. The van der Waals surface area contributed by atoms with Crippen molar-refractivity contribution in [3.63, 3.8) is 0 Å². The average Bonchev–Trinajstić information content (AvgIpc) is 2.05. The van der Waals surface area contributed by atoms with Crippen LogP contribution in [-0.2, 0) is 10.3 Å². The van der Waals surface area contributed by atoms with Gasteiger partial charge in [0.1, 0.15) is 4.86 Å². The van der Waals surface area contributed by atoms with Gasteiger partial charge in [-0.15, -0.1) is 0 Å². The lowest BCUT2D eigenvalue weighted by Crippen LogP contribution is -2.30. The van der Waals surface area contributed by atoms with Crippen LogP contribution in [0.25, 0.3) is 5.08 Å². The van der Waals surface area contributed by atoms with Crippen molar-refractivity contribution in [2.75, 3.05) is 0 Å². The highest BCUT2D eigenvalue weighted by Gasteiger charge is 2.18. The van der Waals surface area contributed by atoms with Crippen LogP contribution in [0.3, 0.4) is 0 Å². The quantitative estimate of drug-likeness (QED) is 0.350. The van der Waals surface area contributed by atoms with Crippen LogP contribution in [-0.4, -0.2) is 19.3 Å². The summed E-state index contributed by atoms with van der Waals surface area (Å²) in [5.41, 5.74) is 2.23. The predicted octanol–water partition coefficient (Wildman–Crippen LogP) is -0.110. The molecule has 0 heterocycles. The molecule has 0 saturated heterocycles. The SMILES string of the molecule is N#[N+]NC1C=CC=CC1=S(=O)=O. The molecule has 0 amide bonds. The molecule has 0 aromatic heterocycles. The second-order valence-electron chi connectivity index (χ2n) is 2.09. The summed E-state index contributed by atoms with van der Waals surface area (Å²) in [4.78, 5) is 0.148. The molecule has 1 aliphatic rings. The van der Waals surface area contributed by atoms with E-state index in [1.807, 2.05) is 0 Å². The number of allylic oxidation sites excluding steroid dienone is 2. The Morgan fingerprint density at radius 3 is 2.83 bits per heavy atom. The first kappa shape index (κ1) is 8.49. The number of hydrogen-bond donors (Lipinski definition) is 1. The minimum Gasteiger partial charge on any atom is -0.184 e. The van der Waals surface area contributed by atoms with Crippen molar-refractivity contribution >= 4 is 15.2 Å². The zero-order valence-electron chi connectivity index (χ0n) is 6.01. The molecule has 0 aliphatic heterocycles. The molecule has 0 saturated carbocycles. The van der Waals surface area contributed by atoms with Gasteiger partial charge in [0.05, 0.1) is 0 Å². The molecule has 1 rings (SSSR count). The van der Waals surface area contributed by atoms with Crippen molar-refractivity contribution in [3.05, 3.63) is 29.4 Å². The Kier molecular flexibility index (Phi) is 2.61. The van der Waals surface area contributed by atoms with Crippen molar-refractivity contribution in [1.82, 2.24) is 5.43 Å². The smallest absolute Gasteiger partial charge is 0.184 e. The summed E-state index contributed by atoms with van der Waals surface area (Å²) in [6, 6.07) is -0.571. The topological polar surface area (TPSA) is 74.3 Å². The van der Waals surface area contributed by atoms with Crippen molar-refractivity contribution < 1.29 is 8.42 Å². The van der Waals surface area contributed by atoms with Crippen LogP contribution < -0.4 is 5.43 Å². The molecule has 1 unspecified atom stereocenters. The molecule has 1 atom stereocenters. The van der Waals surface area contributed by atoms with Gasteiger partial charge in [-0.1, -0.05) is 18.2 Å². The third-order valence-corrected chi connectivity index (χ3v) is 2.15. The maximum absolute atomic E-state index is 10.6. The molecule has 62 valence electrons. The van der Waals surface area contributed by atoms with Gasteiger partial charge in [0.15, 0.2) is 6.04 Å². The van der Waals surface area contributed by atoms with Gasteiger partial charge in [-0.3, -0.25) is 0 Å². The third-order valence-electron chi connectivity index (χ3n) is 1.37. The molecule has 0 radical (unpaired) electrons. The van der Waals surface area contributed by atoms with Crippen molar-refractivity contribution in [2.24, 2.45) is 0 Å². The molecular formula is C6H6N3O2S+. The molecule has 1 aliphatic carbocycles. The van der Waals surface area contributed by atoms with E-state index in [9.17, 15) is 8.42 Å². The van der Waals surface area contributed by atoms with E-state index in [1.54, 1.807) is 18.2 Å². The lowest BCUT2D eigenvalue weighted by Gasteiger charge is -2.03. The molecule has 5 nitrogen and oxygen atoms in total. The first-order valence-corrected chi connectivity index (χ1v) is 4.24. The number of nitrogens with one attached hydrogen (secondary N) is 1. The molecule has 1 N–H and O–H groups in total. The van der Waals surface area contributed by atoms with E-state index in [0.717, 1.165) is 0 Å². The van der Waals surface area contributed by atoms with Crippen molar-refractivity contribution in [2.45, 2.75) is 6.04 Å². The van der Waals surface area contributed by atoms with E-state index >= 15 is 0 Å². The molecule has 0 aromatic rings. The standard InChI is InChI=1S/C6H6N3O2S/c7-9-8-5-3-1-2-4-6(5)12(10)11/h1-5,8H/q+1. The van der Waals surface area contributed by atoms with E-state index in [0.29, 0.717) is 0 Å². The number of nitrogens with zero attached hydrogens (tertiary/aromatic N) is 2. The largest absolute Gasteiger partial charge is 0.303 e. The zero-order chi connectivity index (χ0) is 8.97. The summed E-state index contributed by atoms with van der Waals surface area (Å²) < 4.78 is 21.1. The highest BCUT2D eigenvalue weighted by atomic mass is 32.2. The number of diazo groups is 1. The molecule has 0 fully saturated rings. The Bertz CT molecular complexity index is 391. The van der Waals surface area contributed by atoms with Crippen molar-refractivity contribution in [3.8, 4) is 0 Å². The summed E-state index contributed by atoms with van der Waals surface area (Å²) in [7, 11) is -2.29. The highest BCUT2D eigenvalue weighted by molar-refractivity contribution is 7.73. The van der Waals surface area contributed by atoms with E-state index < -0.39 is 16.3 Å². The molecule has 12 heavy (non-hydrogen) atoms. The lowest BCUT2D eigenvalue weighted by atomic mass is 10.1. The van der Waals surface area contributed by atoms with E-state index in [-0.39, 0.29) is 4.86 Å². The molecule has 0 bridgehead atoms. The van der Waals surface area contributed by atoms with Crippen LogP contribution in [0, 0.1) is 5.39 Å². The highest BCUT2D eigenvalue weighted by Crippen LogP contribution is 1.99. The van der Waals surface area contributed by atoms with Crippen molar-refractivity contribution in [1.29, 1.82) is 5.39 Å². The summed E-state index contributed by atoms with van der Waals surface area (Å²) in [6.45, 7) is 0. The fourth-order valence-electron chi connectivity index (χ4n) is 0.852. The van der Waals surface area contributed by atoms with Crippen LogP contribution in [0.15, 0.2) is 24.3 Å². The van der Waals surface area contributed by atoms with E-state index in [2.05, 4.69) is 10.5 Å². The van der Waals surface area contributed by atoms with Gasteiger partial charge >= 0.3 is 5.08 Å². The Balaban J connectivity index is 3.04. The maximum Gasteiger partial charge on any atom is 0.303 e. The third kappa shape index (κ3) is 1.71. The summed E-state index contributed by atoms with van der Waals surface area (Å²) in [5, 5.41) is 10.8. The number of rotatable bonds is 1. The number of hydrogen-bond acceptors (Lipinski definition) is 4. The molecule has 0 aromatic carbocycles. The van der Waals surface area contributed by atoms with Gasteiger partial charge in [0.2, 0.25) is 10.3 Å². The molecular weight excluding hydrogens is 178 g/mol. The zero-order valence-corrected chi connectivity index (χ0v) is 6.82. The average molecular weight is 184 g/mol. The molecule has 0 spiro atoms. The molecule has 6 heteroatoms. The Morgan fingerprint density at radius 2 is 2.25 bits per heavy atom. The Labute approximate surface area is 70.5 Å². The van der Waals surface area contributed by atoms with Gasteiger partial charge in [0.25, 0.3) is 5.39 Å². The van der Waals surface area contributed by atoms with Crippen LogP contribution in [0.4, 0.5) is 0 Å². The van der Waals surface area contributed by atoms with Crippen LogP contribution in [0.1, 0.15) is 0 Å². The normalized spacial score (nSPS) is 20.2. The first-order valence-electron chi connectivity index (χ1n) is 3.16. The minimum absolute atomic E-state index is 0.148. The minimum atomic E-state index is -2.29. The maximum atomic E-state index is 10.6. The van der Waals surface area contributed by atoms with Crippen LogP contribution in [0.5, 0.6) is 0 Å². The fraction of sp³-hybridized carbons (Fsp3) is 0.167. The monoisotopic (exact) mass is 184 g/mol. The fourth-order valence-corrected chi connectivity index (χ4v) is 1.38. The summed E-state index contributed by atoms with van der Waals surface area (Å²) in [5.74, 6) is 0. The van der Waals surface area contributed by atoms with Gasteiger partial charge in [-0.05, 0) is 11.5 Å². The van der Waals surface area contributed by atoms with E-state index in [1.165, 1.54) is 6.08 Å². The second-order valence-corrected chi connectivity index (χ2v) is 3.03. The first-order chi connectivity index (χ1) is 5.75. The van der Waals surface area contributed by atoms with Gasteiger partial charge in [-0.2, -0.15) is 8.42 Å². The Hall–Kier alpha value is -1.61. The van der Waals surface area contributed by atoms with E-state index in [4.69, 9.17) is 5.39 Å². The summed E-state index contributed by atoms with van der Waals surface area (Å²) >= 11 is 0. The van der Waals surface area contributed by atoms with Crippen LogP contribution >= 0.6 is 0 Å². The summed E-state index contributed by atoms with van der Waals surface area (Å²) in [6.07, 6.45) is 6.27. The van der Waals surface area contributed by atoms with Gasteiger partial charge in [0, 0.05) is 0 Å². The van der Waals surface area contributed by atoms with Gasteiger partial charge in [-0.25, -0.2) is 0 Å². The van der Waals surface area contributed by atoms with Gasteiger partial charge < -0.3 is 0 Å². The second kappa shape index (κ2) is 3.69. The Morgan fingerprint density at radius 1 is 1.50 bits per heavy atom. The van der Waals surface area contributed by atoms with Crippen LogP contribution in [0.2, 0.25) is 0 Å².